The van der Waals surface area contributed by atoms with Gasteiger partial charge in [-0.15, -0.1) is 0 Å². The second kappa shape index (κ2) is 5.22. The lowest BCUT2D eigenvalue weighted by atomic mass is 9.95. The van der Waals surface area contributed by atoms with E-state index in [-0.39, 0.29) is 11.7 Å². The molecule has 1 amide bonds. The lowest BCUT2D eigenvalue weighted by Crippen LogP contribution is -2.36. The molecule has 0 radical (unpaired) electrons. The average molecular weight is 275 g/mol. The molecule has 4 nitrogen and oxygen atoms in total. The molecule has 106 valence electrons. The molecule has 0 saturated heterocycles. The zero-order chi connectivity index (χ0) is 14.0. The number of nitrogens with zero attached hydrogens (tertiary/aromatic N) is 2. The molecule has 2 rings (SSSR count). The Kier molecular flexibility index (Phi) is 3.82. The second-order valence-corrected chi connectivity index (χ2v) is 4.84. The third-order valence-corrected chi connectivity index (χ3v) is 3.34. The predicted octanol–water partition coefficient (Wildman–Crippen LogP) is 2.50. The van der Waals surface area contributed by atoms with E-state index in [0.29, 0.717) is 4.68 Å². The normalized spacial score (nSPS) is 17.5. The standard InChI is InChI=1S/C12H16F3N3O/c1-18-10(12(13,14)15)7-9(17-18)11(19)16-8-5-3-2-4-6-8/h7-8H,2-6H2,1H3,(H,16,19). The van der Waals surface area contributed by atoms with Gasteiger partial charge < -0.3 is 5.32 Å². The van der Waals surface area contributed by atoms with Crippen molar-refractivity contribution in [2.45, 2.75) is 44.3 Å². The molecule has 1 aliphatic rings. The van der Waals surface area contributed by atoms with Gasteiger partial charge in [0, 0.05) is 19.2 Å². The lowest BCUT2D eigenvalue weighted by molar-refractivity contribution is -0.143. The molecule has 0 aliphatic heterocycles. The minimum Gasteiger partial charge on any atom is -0.348 e. The summed E-state index contributed by atoms with van der Waals surface area (Å²) in [6.45, 7) is 0. The number of hydrogen-bond donors (Lipinski definition) is 1. The van der Waals surface area contributed by atoms with Gasteiger partial charge in [-0.2, -0.15) is 18.3 Å². The molecular formula is C12H16F3N3O. The van der Waals surface area contributed by atoms with Gasteiger partial charge in [-0.1, -0.05) is 19.3 Å². The summed E-state index contributed by atoms with van der Waals surface area (Å²) < 4.78 is 38.5. The van der Waals surface area contributed by atoms with E-state index in [1.807, 2.05) is 0 Å². The van der Waals surface area contributed by atoms with Gasteiger partial charge in [-0.3, -0.25) is 9.48 Å². The van der Waals surface area contributed by atoms with Crippen LogP contribution in [0.5, 0.6) is 0 Å². The minimum absolute atomic E-state index is 0.0533. The Morgan fingerprint density at radius 1 is 1.37 bits per heavy atom. The van der Waals surface area contributed by atoms with Crippen LogP contribution in [0.1, 0.15) is 48.3 Å². The van der Waals surface area contributed by atoms with Crippen LogP contribution in [0.15, 0.2) is 6.07 Å². The maximum Gasteiger partial charge on any atom is 0.433 e. The Bertz CT molecular complexity index is 461. The quantitative estimate of drug-likeness (QED) is 0.901. The molecular weight excluding hydrogens is 259 g/mol. The summed E-state index contributed by atoms with van der Waals surface area (Å²) in [5.41, 5.74) is -1.10. The first-order valence-electron chi connectivity index (χ1n) is 6.30. The number of rotatable bonds is 2. The maximum atomic E-state index is 12.6. The van der Waals surface area contributed by atoms with E-state index in [0.717, 1.165) is 38.2 Å². The highest BCUT2D eigenvalue weighted by molar-refractivity contribution is 5.92. The van der Waals surface area contributed by atoms with Crippen LogP contribution in [0.25, 0.3) is 0 Å². The van der Waals surface area contributed by atoms with Gasteiger partial charge in [0.05, 0.1) is 0 Å². The fourth-order valence-corrected chi connectivity index (χ4v) is 2.35. The molecule has 1 aliphatic carbocycles. The fourth-order valence-electron chi connectivity index (χ4n) is 2.35. The summed E-state index contributed by atoms with van der Waals surface area (Å²) in [5.74, 6) is -0.530. The smallest absolute Gasteiger partial charge is 0.348 e. The van der Waals surface area contributed by atoms with Crippen molar-refractivity contribution in [3.05, 3.63) is 17.5 Å². The van der Waals surface area contributed by atoms with Crippen LogP contribution in [-0.4, -0.2) is 21.7 Å². The average Bonchev–Trinajstić information content (AvgIpc) is 2.72. The number of aryl methyl sites for hydroxylation is 1. The molecule has 1 fully saturated rings. The third-order valence-electron chi connectivity index (χ3n) is 3.34. The van der Waals surface area contributed by atoms with E-state index in [2.05, 4.69) is 10.4 Å². The molecule has 0 bridgehead atoms. The summed E-state index contributed by atoms with van der Waals surface area (Å²) in [5, 5.41) is 6.37. The van der Waals surface area contributed by atoms with Gasteiger partial charge >= 0.3 is 6.18 Å². The summed E-state index contributed by atoms with van der Waals surface area (Å²) in [4.78, 5) is 11.9. The van der Waals surface area contributed by atoms with Gasteiger partial charge in [0.1, 0.15) is 5.69 Å². The van der Waals surface area contributed by atoms with Crippen LogP contribution in [-0.2, 0) is 13.2 Å². The molecule has 0 aromatic carbocycles. The molecule has 19 heavy (non-hydrogen) atoms. The number of carbonyl (C=O) groups is 1. The Balaban J connectivity index is 2.07. The number of aromatic nitrogens is 2. The van der Waals surface area contributed by atoms with Crippen LogP contribution in [0.3, 0.4) is 0 Å². The minimum atomic E-state index is -4.49. The van der Waals surface area contributed by atoms with E-state index < -0.39 is 17.8 Å². The van der Waals surface area contributed by atoms with Crippen LogP contribution in [0, 0.1) is 0 Å². The molecule has 1 saturated carbocycles. The summed E-state index contributed by atoms with van der Waals surface area (Å²) >= 11 is 0. The first kappa shape index (κ1) is 13.9. The largest absolute Gasteiger partial charge is 0.433 e. The van der Waals surface area contributed by atoms with Crippen LogP contribution < -0.4 is 5.32 Å². The van der Waals surface area contributed by atoms with Gasteiger partial charge in [0.2, 0.25) is 0 Å². The third kappa shape index (κ3) is 3.27. The van der Waals surface area contributed by atoms with Crippen LogP contribution in [0.4, 0.5) is 13.2 Å². The van der Waals surface area contributed by atoms with E-state index in [9.17, 15) is 18.0 Å². The Labute approximate surface area is 109 Å². The zero-order valence-electron chi connectivity index (χ0n) is 10.6. The molecule has 1 aromatic heterocycles. The Morgan fingerprint density at radius 3 is 2.53 bits per heavy atom. The lowest BCUT2D eigenvalue weighted by Gasteiger charge is -2.22. The van der Waals surface area contributed by atoms with Gasteiger partial charge in [0.25, 0.3) is 5.91 Å². The van der Waals surface area contributed by atoms with Crippen molar-refractivity contribution in [3.8, 4) is 0 Å². The van der Waals surface area contributed by atoms with Crippen molar-refractivity contribution < 1.29 is 18.0 Å². The van der Waals surface area contributed by atoms with E-state index in [4.69, 9.17) is 0 Å². The number of hydrogen-bond acceptors (Lipinski definition) is 2. The predicted molar refractivity (Wildman–Crippen MR) is 62.5 cm³/mol. The van der Waals surface area contributed by atoms with Crippen LogP contribution >= 0.6 is 0 Å². The highest BCUT2D eigenvalue weighted by atomic mass is 19.4. The molecule has 0 atom stereocenters. The molecule has 7 heteroatoms. The maximum absolute atomic E-state index is 12.6. The SMILES string of the molecule is Cn1nc(C(=O)NC2CCCCC2)cc1C(F)(F)F. The zero-order valence-corrected chi connectivity index (χ0v) is 10.6. The van der Waals surface area contributed by atoms with Crippen molar-refractivity contribution in [1.29, 1.82) is 0 Å². The molecule has 1 heterocycles. The van der Waals surface area contributed by atoms with Gasteiger partial charge in [0.15, 0.2) is 5.69 Å². The van der Waals surface area contributed by atoms with Gasteiger partial charge in [-0.25, -0.2) is 0 Å². The van der Waals surface area contributed by atoms with Crippen molar-refractivity contribution in [3.63, 3.8) is 0 Å². The van der Waals surface area contributed by atoms with Crippen molar-refractivity contribution in [1.82, 2.24) is 15.1 Å². The van der Waals surface area contributed by atoms with Crippen LogP contribution in [0.2, 0.25) is 0 Å². The van der Waals surface area contributed by atoms with Gasteiger partial charge in [-0.05, 0) is 12.8 Å². The summed E-state index contributed by atoms with van der Waals surface area (Å²) in [6, 6.07) is 0.843. The highest BCUT2D eigenvalue weighted by Crippen LogP contribution is 2.29. The summed E-state index contributed by atoms with van der Waals surface area (Å²) in [7, 11) is 1.18. The number of amides is 1. The molecule has 1 aromatic rings. The Morgan fingerprint density at radius 2 is 2.00 bits per heavy atom. The van der Waals surface area contributed by atoms with E-state index >= 15 is 0 Å². The van der Waals surface area contributed by atoms with Crippen molar-refractivity contribution in [2.75, 3.05) is 0 Å². The molecule has 0 unspecified atom stereocenters. The van der Waals surface area contributed by atoms with E-state index in [1.54, 1.807) is 0 Å². The number of carbonyl (C=O) groups excluding carboxylic acids is 1. The molecule has 0 spiro atoms. The topological polar surface area (TPSA) is 46.9 Å². The first-order chi connectivity index (χ1) is 8.88. The van der Waals surface area contributed by atoms with Crippen molar-refractivity contribution in [2.24, 2.45) is 7.05 Å². The van der Waals surface area contributed by atoms with E-state index in [1.165, 1.54) is 7.05 Å². The Hall–Kier alpha value is -1.53. The number of alkyl halides is 3. The molecule has 1 N–H and O–H groups in total. The second-order valence-electron chi connectivity index (χ2n) is 4.84. The monoisotopic (exact) mass is 275 g/mol. The summed E-state index contributed by atoms with van der Waals surface area (Å²) in [6.07, 6.45) is 0.497. The first-order valence-corrected chi connectivity index (χ1v) is 6.30. The highest BCUT2D eigenvalue weighted by Gasteiger charge is 2.35. The van der Waals surface area contributed by atoms with Crippen molar-refractivity contribution >= 4 is 5.91 Å². The number of nitrogens with one attached hydrogen (secondary N) is 1. The number of halogens is 3. The fraction of sp³-hybridized carbons (Fsp3) is 0.667.